The Hall–Kier alpha value is -1.94. The molecule has 1 atom stereocenters. The monoisotopic (exact) mass is 286 g/mol. The normalized spacial score (nSPS) is 16.8. The Kier molecular flexibility index (Phi) is 4.15. The van der Waals surface area contributed by atoms with Crippen LogP contribution in [0.15, 0.2) is 40.8 Å². The second-order valence-corrected chi connectivity index (χ2v) is 5.46. The lowest BCUT2D eigenvalue weighted by molar-refractivity contribution is 0.122. The number of rotatable bonds is 4. The summed E-state index contributed by atoms with van der Waals surface area (Å²) in [6, 6.07) is 12.7. The van der Waals surface area contributed by atoms with Gasteiger partial charge in [0.05, 0.1) is 19.3 Å². The molecular formula is C17H22N2O2. The maximum absolute atomic E-state index is 5.65. The van der Waals surface area contributed by atoms with Crippen molar-refractivity contribution in [2.75, 3.05) is 36.5 Å². The average Bonchev–Trinajstić information content (AvgIpc) is 2.96. The number of nitrogens with zero attached hydrogens (tertiary/aromatic N) is 1. The number of aryl methyl sites for hydroxylation is 1. The topological polar surface area (TPSA) is 37.6 Å². The zero-order valence-electron chi connectivity index (χ0n) is 12.6. The Morgan fingerprint density at radius 2 is 1.76 bits per heavy atom. The first-order valence-corrected chi connectivity index (χ1v) is 7.48. The molecule has 0 spiro atoms. The first-order valence-electron chi connectivity index (χ1n) is 7.48. The van der Waals surface area contributed by atoms with Gasteiger partial charge in [0.25, 0.3) is 0 Å². The Bertz CT molecular complexity index is 571. The van der Waals surface area contributed by atoms with Crippen LogP contribution < -0.4 is 10.2 Å². The van der Waals surface area contributed by atoms with E-state index in [1.807, 2.05) is 19.1 Å². The summed E-state index contributed by atoms with van der Waals surface area (Å²) in [6.45, 7) is 7.63. The number of morpholine rings is 1. The fraction of sp³-hybridized carbons (Fsp3) is 0.412. The maximum Gasteiger partial charge on any atom is 0.126 e. The van der Waals surface area contributed by atoms with Gasteiger partial charge in [0, 0.05) is 24.5 Å². The van der Waals surface area contributed by atoms with E-state index >= 15 is 0 Å². The summed E-state index contributed by atoms with van der Waals surface area (Å²) >= 11 is 0. The fourth-order valence-electron chi connectivity index (χ4n) is 2.60. The van der Waals surface area contributed by atoms with E-state index in [9.17, 15) is 0 Å². The molecule has 4 nitrogen and oxygen atoms in total. The number of furan rings is 1. The minimum absolute atomic E-state index is 0.160. The van der Waals surface area contributed by atoms with Crippen molar-refractivity contribution in [2.24, 2.45) is 0 Å². The summed E-state index contributed by atoms with van der Waals surface area (Å²) in [6.07, 6.45) is 0. The van der Waals surface area contributed by atoms with Crippen molar-refractivity contribution in [1.82, 2.24) is 0 Å². The van der Waals surface area contributed by atoms with Crippen molar-refractivity contribution in [1.29, 1.82) is 0 Å². The molecule has 2 heterocycles. The van der Waals surface area contributed by atoms with E-state index in [2.05, 4.69) is 41.4 Å². The zero-order valence-corrected chi connectivity index (χ0v) is 12.6. The van der Waals surface area contributed by atoms with Gasteiger partial charge in [-0.25, -0.2) is 0 Å². The molecule has 0 bridgehead atoms. The van der Waals surface area contributed by atoms with Gasteiger partial charge in [-0.3, -0.25) is 0 Å². The van der Waals surface area contributed by atoms with E-state index in [4.69, 9.17) is 9.15 Å². The molecule has 1 saturated heterocycles. The molecule has 112 valence electrons. The first-order chi connectivity index (χ1) is 10.2. The van der Waals surface area contributed by atoms with Crippen LogP contribution in [-0.2, 0) is 4.74 Å². The Morgan fingerprint density at radius 3 is 2.38 bits per heavy atom. The molecule has 21 heavy (non-hydrogen) atoms. The van der Waals surface area contributed by atoms with Crippen LogP contribution in [0.1, 0.15) is 24.5 Å². The van der Waals surface area contributed by atoms with Crippen molar-refractivity contribution in [3.63, 3.8) is 0 Å². The molecule has 1 aliphatic heterocycles. The third-order valence-corrected chi connectivity index (χ3v) is 3.81. The SMILES string of the molecule is Cc1ccc(C(C)Nc2ccc(N3CCOCC3)cc2)o1. The third-order valence-electron chi connectivity index (χ3n) is 3.81. The van der Waals surface area contributed by atoms with Crippen molar-refractivity contribution < 1.29 is 9.15 Å². The molecule has 1 aromatic carbocycles. The summed E-state index contributed by atoms with van der Waals surface area (Å²) in [5.41, 5.74) is 2.36. The van der Waals surface area contributed by atoms with E-state index < -0.39 is 0 Å². The highest BCUT2D eigenvalue weighted by molar-refractivity contribution is 5.55. The van der Waals surface area contributed by atoms with Crippen molar-refractivity contribution >= 4 is 11.4 Å². The molecule has 1 N–H and O–H groups in total. The van der Waals surface area contributed by atoms with Gasteiger partial charge in [-0.15, -0.1) is 0 Å². The average molecular weight is 286 g/mol. The number of hydrogen-bond acceptors (Lipinski definition) is 4. The lowest BCUT2D eigenvalue weighted by atomic mass is 10.2. The molecule has 0 saturated carbocycles. The Morgan fingerprint density at radius 1 is 1.05 bits per heavy atom. The first kappa shape index (κ1) is 14.0. The minimum Gasteiger partial charge on any atom is -0.464 e. The van der Waals surface area contributed by atoms with Gasteiger partial charge in [-0.1, -0.05) is 0 Å². The molecule has 0 amide bonds. The second-order valence-electron chi connectivity index (χ2n) is 5.46. The highest BCUT2D eigenvalue weighted by atomic mass is 16.5. The van der Waals surface area contributed by atoms with Crippen LogP contribution in [-0.4, -0.2) is 26.3 Å². The minimum atomic E-state index is 0.160. The van der Waals surface area contributed by atoms with Gasteiger partial charge in [-0.05, 0) is 50.2 Å². The highest BCUT2D eigenvalue weighted by Gasteiger charge is 2.12. The molecule has 2 aromatic rings. The molecule has 0 radical (unpaired) electrons. The van der Waals surface area contributed by atoms with E-state index in [1.165, 1.54) is 5.69 Å². The number of ether oxygens (including phenoxy) is 1. The number of benzene rings is 1. The summed E-state index contributed by atoms with van der Waals surface area (Å²) in [4.78, 5) is 2.35. The van der Waals surface area contributed by atoms with Crippen LogP contribution in [0.3, 0.4) is 0 Å². The number of hydrogen-bond donors (Lipinski definition) is 1. The predicted molar refractivity (Wildman–Crippen MR) is 85.0 cm³/mol. The zero-order chi connectivity index (χ0) is 14.7. The lowest BCUT2D eigenvalue weighted by Gasteiger charge is -2.29. The van der Waals surface area contributed by atoms with Gasteiger partial charge in [-0.2, -0.15) is 0 Å². The van der Waals surface area contributed by atoms with Crippen LogP contribution in [0.25, 0.3) is 0 Å². The van der Waals surface area contributed by atoms with Crippen LogP contribution in [0.5, 0.6) is 0 Å². The van der Waals surface area contributed by atoms with Gasteiger partial charge < -0.3 is 19.4 Å². The van der Waals surface area contributed by atoms with E-state index in [0.717, 1.165) is 43.5 Å². The second kappa shape index (κ2) is 6.22. The van der Waals surface area contributed by atoms with Crippen LogP contribution >= 0.6 is 0 Å². The molecule has 1 unspecified atom stereocenters. The van der Waals surface area contributed by atoms with Gasteiger partial charge in [0.15, 0.2) is 0 Å². The maximum atomic E-state index is 5.65. The molecule has 1 fully saturated rings. The van der Waals surface area contributed by atoms with Crippen LogP contribution in [0.2, 0.25) is 0 Å². The molecule has 0 aliphatic carbocycles. The van der Waals surface area contributed by atoms with Crippen LogP contribution in [0, 0.1) is 6.92 Å². The molecular weight excluding hydrogens is 264 g/mol. The highest BCUT2D eigenvalue weighted by Crippen LogP contribution is 2.23. The Labute approximate surface area is 125 Å². The molecule has 3 rings (SSSR count). The van der Waals surface area contributed by atoms with E-state index in [1.54, 1.807) is 0 Å². The quantitative estimate of drug-likeness (QED) is 0.932. The van der Waals surface area contributed by atoms with E-state index in [-0.39, 0.29) is 6.04 Å². The largest absolute Gasteiger partial charge is 0.464 e. The number of nitrogens with one attached hydrogen (secondary N) is 1. The van der Waals surface area contributed by atoms with Crippen LogP contribution in [0.4, 0.5) is 11.4 Å². The predicted octanol–water partition coefficient (Wildman–Crippen LogP) is 3.60. The lowest BCUT2D eigenvalue weighted by Crippen LogP contribution is -2.36. The molecule has 4 heteroatoms. The van der Waals surface area contributed by atoms with E-state index in [0.29, 0.717) is 0 Å². The third kappa shape index (κ3) is 3.39. The van der Waals surface area contributed by atoms with Gasteiger partial charge in [0.2, 0.25) is 0 Å². The summed E-state index contributed by atoms with van der Waals surface area (Å²) in [5.74, 6) is 1.91. The summed E-state index contributed by atoms with van der Waals surface area (Å²) in [7, 11) is 0. The smallest absolute Gasteiger partial charge is 0.126 e. The fourth-order valence-corrected chi connectivity index (χ4v) is 2.60. The molecule has 1 aliphatic rings. The van der Waals surface area contributed by atoms with Gasteiger partial charge >= 0.3 is 0 Å². The standard InChI is InChI=1S/C17H22N2O2/c1-13-3-8-17(21-13)14(2)18-15-4-6-16(7-5-15)19-9-11-20-12-10-19/h3-8,14,18H,9-12H2,1-2H3. The van der Waals surface area contributed by atoms with Crippen molar-refractivity contribution in [3.8, 4) is 0 Å². The number of anilines is 2. The van der Waals surface area contributed by atoms with Crippen molar-refractivity contribution in [3.05, 3.63) is 47.9 Å². The molecule has 1 aromatic heterocycles. The van der Waals surface area contributed by atoms with Gasteiger partial charge in [0.1, 0.15) is 11.5 Å². The Balaban J connectivity index is 1.63. The summed E-state index contributed by atoms with van der Waals surface area (Å²) in [5, 5.41) is 3.46. The summed E-state index contributed by atoms with van der Waals surface area (Å²) < 4.78 is 11.0. The van der Waals surface area contributed by atoms with Crippen molar-refractivity contribution in [2.45, 2.75) is 19.9 Å².